The number of thioether (sulfide) groups is 1. The maximum atomic E-state index is 11.2. The van der Waals surface area contributed by atoms with Crippen molar-refractivity contribution >= 4 is 23.7 Å². The van der Waals surface area contributed by atoms with E-state index in [1.165, 1.54) is 11.8 Å². The Kier molecular flexibility index (Phi) is 8.12. The average molecular weight is 233 g/mol. The molecule has 0 spiro atoms. The van der Waals surface area contributed by atoms with Crippen LogP contribution in [0.15, 0.2) is 0 Å². The van der Waals surface area contributed by atoms with Crippen LogP contribution in [0.4, 0.5) is 4.79 Å². The molecule has 0 aliphatic heterocycles. The van der Waals surface area contributed by atoms with Gasteiger partial charge in [-0.1, -0.05) is 6.92 Å². The first kappa shape index (κ1) is 14.2. The number of carbonyl (C=O) groups excluding carboxylic acids is 2. The van der Waals surface area contributed by atoms with Gasteiger partial charge in [-0.2, -0.15) is 11.8 Å². The van der Waals surface area contributed by atoms with E-state index in [9.17, 15) is 9.59 Å². The molecule has 0 radical (unpaired) electrons. The minimum atomic E-state index is -0.428. The third-order valence-corrected chi connectivity index (χ3v) is 2.63. The van der Waals surface area contributed by atoms with E-state index in [0.717, 1.165) is 6.42 Å². The maximum Gasteiger partial charge on any atom is 0.321 e. The Bertz CT molecular complexity index is 210. The zero-order chi connectivity index (χ0) is 11.7. The van der Waals surface area contributed by atoms with Gasteiger partial charge < -0.3 is 11.1 Å². The summed E-state index contributed by atoms with van der Waals surface area (Å²) in [6.07, 6.45) is 0.848. The van der Waals surface area contributed by atoms with Crippen molar-refractivity contribution < 1.29 is 9.59 Å². The van der Waals surface area contributed by atoms with Gasteiger partial charge in [0.15, 0.2) is 0 Å². The van der Waals surface area contributed by atoms with Crippen LogP contribution in [0.25, 0.3) is 0 Å². The van der Waals surface area contributed by atoms with Gasteiger partial charge in [0, 0.05) is 18.3 Å². The lowest BCUT2D eigenvalue weighted by atomic mass is 10.4. The van der Waals surface area contributed by atoms with Crippen LogP contribution in [0, 0.1) is 0 Å². The van der Waals surface area contributed by atoms with Crippen LogP contribution >= 0.6 is 11.8 Å². The second-order valence-electron chi connectivity index (χ2n) is 3.30. The number of amides is 3. The number of hydrogen-bond acceptors (Lipinski definition) is 4. The Hall–Kier alpha value is -0.750. The topological polar surface area (TPSA) is 84.2 Å². The minimum absolute atomic E-state index is 0.0664. The van der Waals surface area contributed by atoms with Crippen LogP contribution in [0.1, 0.15) is 20.3 Å². The van der Waals surface area contributed by atoms with Gasteiger partial charge in [0.25, 0.3) is 0 Å². The van der Waals surface area contributed by atoms with Crippen molar-refractivity contribution in [2.24, 2.45) is 5.73 Å². The molecule has 0 aromatic rings. The van der Waals surface area contributed by atoms with Gasteiger partial charge in [-0.25, -0.2) is 4.79 Å². The Morgan fingerprint density at radius 3 is 2.67 bits per heavy atom. The summed E-state index contributed by atoms with van der Waals surface area (Å²) in [5.41, 5.74) is 5.51. The fourth-order valence-electron chi connectivity index (χ4n) is 0.783. The van der Waals surface area contributed by atoms with Gasteiger partial charge in [-0.15, -0.1) is 0 Å². The molecule has 0 saturated carbocycles. The molecule has 0 heterocycles. The van der Waals surface area contributed by atoms with Gasteiger partial charge in [-0.3, -0.25) is 10.1 Å². The summed E-state index contributed by atoms with van der Waals surface area (Å²) in [6.45, 7) is 4.39. The molecule has 0 aliphatic carbocycles. The summed E-state index contributed by atoms with van der Waals surface area (Å²) in [5.74, 6) is 0.694. The van der Waals surface area contributed by atoms with E-state index < -0.39 is 6.03 Å². The number of nitrogens with two attached hydrogens (primary N) is 1. The van der Waals surface area contributed by atoms with Crippen LogP contribution in [0.2, 0.25) is 0 Å². The molecule has 5 nitrogen and oxygen atoms in total. The van der Waals surface area contributed by atoms with Gasteiger partial charge in [0.1, 0.15) is 0 Å². The first-order valence-corrected chi connectivity index (χ1v) is 6.12. The van der Waals surface area contributed by atoms with E-state index in [4.69, 9.17) is 5.73 Å². The fourth-order valence-corrected chi connectivity index (χ4v) is 1.53. The molecule has 0 fully saturated rings. The Morgan fingerprint density at radius 1 is 1.47 bits per heavy atom. The van der Waals surface area contributed by atoms with E-state index in [0.29, 0.717) is 12.3 Å². The summed E-state index contributed by atoms with van der Waals surface area (Å²) in [6, 6.07) is -0.361. The van der Waals surface area contributed by atoms with Crippen LogP contribution in [0.3, 0.4) is 0 Å². The standard InChI is InChI=1S/C9H19N3O2S/c1-3-4-11-9(14)12-8(13)6-15-5-7(2)10/h7H,3-6,10H2,1-2H3,(H2,11,12,13,14). The lowest BCUT2D eigenvalue weighted by Gasteiger charge is -2.06. The second kappa shape index (κ2) is 8.55. The van der Waals surface area contributed by atoms with Crippen LogP contribution in [0.5, 0.6) is 0 Å². The number of nitrogens with one attached hydrogen (secondary N) is 2. The van der Waals surface area contributed by atoms with Gasteiger partial charge in [0.05, 0.1) is 5.75 Å². The summed E-state index contributed by atoms with van der Waals surface area (Å²) in [5, 5.41) is 4.80. The molecular weight excluding hydrogens is 214 g/mol. The smallest absolute Gasteiger partial charge is 0.321 e. The zero-order valence-corrected chi connectivity index (χ0v) is 10.0. The lowest BCUT2D eigenvalue weighted by Crippen LogP contribution is -2.40. The van der Waals surface area contributed by atoms with Gasteiger partial charge in [0.2, 0.25) is 5.91 Å². The summed E-state index contributed by atoms with van der Waals surface area (Å²) in [4.78, 5) is 22.2. The Morgan fingerprint density at radius 2 is 2.13 bits per heavy atom. The maximum absolute atomic E-state index is 11.2. The number of imide groups is 1. The van der Waals surface area contributed by atoms with Crippen molar-refractivity contribution in [3.05, 3.63) is 0 Å². The third-order valence-electron chi connectivity index (χ3n) is 1.40. The highest BCUT2D eigenvalue weighted by atomic mass is 32.2. The number of urea groups is 1. The largest absolute Gasteiger partial charge is 0.338 e. The quantitative estimate of drug-likeness (QED) is 0.616. The van der Waals surface area contributed by atoms with Crippen molar-refractivity contribution in [3.8, 4) is 0 Å². The average Bonchev–Trinajstić information content (AvgIpc) is 2.14. The van der Waals surface area contributed by atoms with Gasteiger partial charge in [-0.05, 0) is 13.3 Å². The highest BCUT2D eigenvalue weighted by Crippen LogP contribution is 2.00. The molecule has 0 bridgehead atoms. The second-order valence-corrected chi connectivity index (χ2v) is 4.33. The number of hydrogen-bond donors (Lipinski definition) is 3. The molecule has 1 atom stereocenters. The Labute approximate surface area is 94.5 Å². The van der Waals surface area contributed by atoms with E-state index in [1.807, 2.05) is 13.8 Å². The molecule has 0 rings (SSSR count). The first-order chi connectivity index (χ1) is 7.06. The van der Waals surface area contributed by atoms with Crippen molar-refractivity contribution in [1.82, 2.24) is 10.6 Å². The van der Waals surface area contributed by atoms with Crippen molar-refractivity contribution in [1.29, 1.82) is 0 Å². The van der Waals surface area contributed by atoms with Crippen molar-refractivity contribution in [2.45, 2.75) is 26.3 Å². The first-order valence-electron chi connectivity index (χ1n) is 4.97. The van der Waals surface area contributed by atoms with E-state index in [1.54, 1.807) is 0 Å². The lowest BCUT2D eigenvalue weighted by molar-refractivity contribution is -0.117. The predicted octanol–water partition coefficient (Wildman–Crippen LogP) is 0.303. The molecule has 0 aromatic heterocycles. The predicted molar refractivity (Wildman–Crippen MR) is 62.8 cm³/mol. The van der Waals surface area contributed by atoms with Crippen molar-refractivity contribution in [3.63, 3.8) is 0 Å². The van der Waals surface area contributed by atoms with Crippen molar-refractivity contribution in [2.75, 3.05) is 18.1 Å². The zero-order valence-electron chi connectivity index (χ0n) is 9.21. The molecule has 0 saturated heterocycles. The van der Waals surface area contributed by atoms with E-state index in [-0.39, 0.29) is 17.7 Å². The summed E-state index contributed by atoms with van der Waals surface area (Å²) in [7, 11) is 0. The van der Waals surface area contributed by atoms with E-state index in [2.05, 4.69) is 10.6 Å². The molecule has 4 N–H and O–H groups in total. The molecule has 88 valence electrons. The van der Waals surface area contributed by atoms with Crippen LogP contribution in [-0.2, 0) is 4.79 Å². The Balaban J connectivity index is 3.51. The molecule has 3 amide bonds. The third kappa shape index (κ3) is 9.55. The van der Waals surface area contributed by atoms with Crippen LogP contribution < -0.4 is 16.4 Å². The monoisotopic (exact) mass is 233 g/mol. The minimum Gasteiger partial charge on any atom is -0.338 e. The number of rotatable bonds is 6. The molecule has 0 aromatic carbocycles. The highest BCUT2D eigenvalue weighted by molar-refractivity contribution is 8.00. The number of carbonyl (C=O) groups is 2. The molecule has 6 heteroatoms. The van der Waals surface area contributed by atoms with E-state index >= 15 is 0 Å². The summed E-state index contributed by atoms with van der Waals surface area (Å²) >= 11 is 1.42. The fraction of sp³-hybridized carbons (Fsp3) is 0.778. The molecule has 1 unspecified atom stereocenters. The normalized spacial score (nSPS) is 11.9. The SMILES string of the molecule is CCCNC(=O)NC(=O)CSCC(C)N. The van der Waals surface area contributed by atoms with Crippen LogP contribution in [-0.4, -0.2) is 36.0 Å². The molecule has 0 aliphatic rings. The highest BCUT2D eigenvalue weighted by Gasteiger charge is 2.06. The molecular formula is C9H19N3O2S. The summed E-state index contributed by atoms with van der Waals surface area (Å²) < 4.78 is 0. The molecule has 15 heavy (non-hydrogen) atoms. The van der Waals surface area contributed by atoms with Gasteiger partial charge >= 0.3 is 6.03 Å².